The number of rotatable bonds is 4. The molecule has 2 atom stereocenters. The van der Waals surface area contributed by atoms with Crippen molar-refractivity contribution in [1.82, 2.24) is 14.7 Å². The lowest BCUT2D eigenvalue weighted by Gasteiger charge is -2.06. The molecular formula is C14H19N3. The summed E-state index contributed by atoms with van der Waals surface area (Å²) >= 11 is 0. The summed E-state index contributed by atoms with van der Waals surface area (Å²) in [5.41, 5.74) is 2.32. The summed E-state index contributed by atoms with van der Waals surface area (Å²) in [6.45, 7) is 5.51. The van der Waals surface area contributed by atoms with Crippen LogP contribution in [-0.2, 0) is 0 Å². The molecule has 0 saturated heterocycles. The number of pyridine rings is 1. The minimum Gasteiger partial charge on any atom is -0.314 e. The number of imidazole rings is 1. The van der Waals surface area contributed by atoms with Gasteiger partial charge in [0, 0.05) is 24.4 Å². The highest BCUT2D eigenvalue weighted by Crippen LogP contribution is 2.46. The molecule has 0 amide bonds. The average molecular weight is 229 g/mol. The molecule has 0 aromatic carbocycles. The Morgan fingerprint density at radius 3 is 3.12 bits per heavy atom. The van der Waals surface area contributed by atoms with Gasteiger partial charge in [-0.3, -0.25) is 0 Å². The van der Waals surface area contributed by atoms with Crippen molar-refractivity contribution in [3.63, 3.8) is 0 Å². The highest BCUT2D eigenvalue weighted by Gasteiger charge is 2.39. The largest absolute Gasteiger partial charge is 0.314 e. The summed E-state index contributed by atoms with van der Waals surface area (Å²) in [5, 5.41) is 3.51. The monoisotopic (exact) mass is 229 g/mol. The van der Waals surface area contributed by atoms with Crippen LogP contribution in [-0.4, -0.2) is 22.0 Å². The molecule has 2 heterocycles. The molecule has 3 nitrogen and oxygen atoms in total. The van der Waals surface area contributed by atoms with E-state index in [-0.39, 0.29) is 0 Å². The number of hydrogen-bond donors (Lipinski definition) is 1. The fraction of sp³-hybridized carbons (Fsp3) is 0.500. The summed E-state index contributed by atoms with van der Waals surface area (Å²) in [6, 6.07) is 6.73. The molecule has 1 aliphatic carbocycles. The smallest absolute Gasteiger partial charge is 0.136 e. The van der Waals surface area contributed by atoms with Crippen molar-refractivity contribution < 1.29 is 0 Å². The van der Waals surface area contributed by atoms with Gasteiger partial charge < -0.3 is 9.72 Å². The van der Waals surface area contributed by atoms with E-state index in [9.17, 15) is 0 Å². The van der Waals surface area contributed by atoms with Gasteiger partial charge in [-0.2, -0.15) is 0 Å². The highest BCUT2D eigenvalue weighted by atomic mass is 15.0. The SMILES string of the molecule is CC(C)NCC1CC1c1cn2ccccc2n1. The summed E-state index contributed by atoms with van der Waals surface area (Å²) in [4.78, 5) is 4.69. The Balaban J connectivity index is 1.70. The summed E-state index contributed by atoms with van der Waals surface area (Å²) in [7, 11) is 0. The second-order valence-electron chi connectivity index (χ2n) is 5.30. The van der Waals surface area contributed by atoms with Gasteiger partial charge in [-0.15, -0.1) is 0 Å². The third-order valence-corrected chi connectivity index (χ3v) is 3.47. The number of aromatic nitrogens is 2. The van der Waals surface area contributed by atoms with Crippen molar-refractivity contribution in [2.45, 2.75) is 32.2 Å². The average Bonchev–Trinajstić information content (AvgIpc) is 2.96. The quantitative estimate of drug-likeness (QED) is 0.872. The van der Waals surface area contributed by atoms with E-state index in [1.54, 1.807) is 0 Å². The molecule has 0 bridgehead atoms. The lowest BCUT2D eigenvalue weighted by Crippen LogP contribution is -2.25. The van der Waals surface area contributed by atoms with E-state index in [0.717, 1.165) is 18.1 Å². The van der Waals surface area contributed by atoms with Crippen LogP contribution < -0.4 is 5.32 Å². The van der Waals surface area contributed by atoms with Crippen molar-refractivity contribution in [3.05, 3.63) is 36.3 Å². The summed E-state index contributed by atoms with van der Waals surface area (Å²) in [5.74, 6) is 1.45. The Kier molecular flexibility index (Phi) is 2.63. The molecule has 2 aromatic heterocycles. The molecule has 1 aliphatic rings. The number of nitrogens with one attached hydrogen (secondary N) is 1. The first kappa shape index (κ1) is 10.8. The zero-order valence-corrected chi connectivity index (χ0v) is 10.4. The predicted octanol–water partition coefficient (Wildman–Crippen LogP) is 2.44. The van der Waals surface area contributed by atoms with Gasteiger partial charge in [0.1, 0.15) is 5.65 Å². The molecule has 3 heteroatoms. The van der Waals surface area contributed by atoms with Crippen molar-refractivity contribution in [2.24, 2.45) is 5.92 Å². The molecule has 17 heavy (non-hydrogen) atoms. The second-order valence-corrected chi connectivity index (χ2v) is 5.30. The van der Waals surface area contributed by atoms with Gasteiger partial charge in [-0.05, 0) is 31.0 Å². The topological polar surface area (TPSA) is 29.3 Å². The van der Waals surface area contributed by atoms with E-state index in [1.807, 2.05) is 12.1 Å². The first-order valence-electron chi connectivity index (χ1n) is 6.41. The van der Waals surface area contributed by atoms with Gasteiger partial charge in [-0.1, -0.05) is 19.9 Å². The molecule has 0 radical (unpaired) electrons. The maximum absolute atomic E-state index is 4.69. The minimum atomic E-state index is 0.581. The van der Waals surface area contributed by atoms with Crippen molar-refractivity contribution in [2.75, 3.05) is 6.54 Å². The number of fused-ring (bicyclic) bond motifs is 1. The van der Waals surface area contributed by atoms with E-state index in [1.165, 1.54) is 12.1 Å². The molecular weight excluding hydrogens is 210 g/mol. The van der Waals surface area contributed by atoms with Crippen LogP contribution in [0.15, 0.2) is 30.6 Å². The maximum Gasteiger partial charge on any atom is 0.136 e. The Labute approximate surface area is 102 Å². The molecule has 1 saturated carbocycles. The van der Waals surface area contributed by atoms with Crippen LogP contribution in [0.1, 0.15) is 31.9 Å². The highest BCUT2D eigenvalue weighted by molar-refractivity contribution is 5.41. The van der Waals surface area contributed by atoms with E-state index >= 15 is 0 Å². The number of nitrogens with zero attached hydrogens (tertiary/aromatic N) is 2. The van der Waals surface area contributed by atoms with Gasteiger partial charge in [0.25, 0.3) is 0 Å². The van der Waals surface area contributed by atoms with Gasteiger partial charge in [0.05, 0.1) is 5.69 Å². The van der Waals surface area contributed by atoms with Crippen LogP contribution in [0.3, 0.4) is 0 Å². The molecule has 0 aliphatic heterocycles. The third kappa shape index (κ3) is 2.20. The standard InChI is InChI=1S/C14H19N3/c1-10(2)15-8-11-7-12(11)13-9-17-6-4-3-5-14(17)16-13/h3-6,9-12,15H,7-8H2,1-2H3. The zero-order valence-electron chi connectivity index (χ0n) is 10.4. The van der Waals surface area contributed by atoms with E-state index in [0.29, 0.717) is 12.0 Å². The minimum absolute atomic E-state index is 0.581. The lowest BCUT2D eigenvalue weighted by atomic mass is 10.2. The molecule has 2 unspecified atom stereocenters. The molecule has 90 valence electrons. The maximum atomic E-state index is 4.69. The van der Waals surface area contributed by atoms with Gasteiger partial charge >= 0.3 is 0 Å². The lowest BCUT2D eigenvalue weighted by molar-refractivity contribution is 0.554. The first-order chi connectivity index (χ1) is 8.24. The van der Waals surface area contributed by atoms with Crippen molar-refractivity contribution in [3.8, 4) is 0 Å². The normalized spacial score (nSPS) is 23.5. The third-order valence-electron chi connectivity index (χ3n) is 3.47. The van der Waals surface area contributed by atoms with Crippen LogP contribution in [0.25, 0.3) is 5.65 Å². The van der Waals surface area contributed by atoms with Crippen LogP contribution in [0.2, 0.25) is 0 Å². The van der Waals surface area contributed by atoms with Crippen LogP contribution >= 0.6 is 0 Å². The zero-order chi connectivity index (χ0) is 11.8. The molecule has 2 aromatic rings. The van der Waals surface area contributed by atoms with Crippen molar-refractivity contribution in [1.29, 1.82) is 0 Å². The molecule has 1 N–H and O–H groups in total. The fourth-order valence-electron chi connectivity index (χ4n) is 2.36. The van der Waals surface area contributed by atoms with Gasteiger partial charge in [-0.25, -0.2) is 4.98 Å². The first-order valence-corrected chi connectivity index (χ1v) is 6.41. The Morgan fingerprint density at radius 1 is 1.47 bits per heavy atom. The van der Waals surface area contributed by atoms with Crippen LogP contribution in [0, 0.1) is 5.92 Å². The second kappa shape index (κ2) is 4.15. The van der Waals surface area contributed by atoms with Crippen molar-refractivity contribution >= 4 is 5.65 Å². The Bertz CT molecular complexity index is 482. The van der Waals surface area contributed by atoms with Crippen LogP contribution in [0.5, 0.6) is 0 Å². The summed E-state index contributed by atoms with van der Waals surface area (Å²) in [6.07, 6.45) is 5.52. The molecule has 1 fully saturated rings. The van der Waals surface area contributed by atoms with Crippen LogP contribution in [0.4, 0.5) is 0 Å². The van der Waals surface area contributed by atoms with E-state index < -0.39 is 0 Å². The predicted molar refractivity (Wildman–Crippen MR) is 69.2 cm³/mol. The Hall–Kier alpha value is -1.35. The number of hydrogen-bond acceptors (Lipinski definition) is 2. The van der Waals surface area contributed by atoms with Gasteiger partial charge in [0.2, 0.25) is 0 Å². The summed E-state index contributed by atoms with van der Waals surface area (Å²) < 4.78 is 2.11. The Morgan fingerprint density at radius 2 is 2.35 bits per heavy atom. The fourth-order valence-corrected chi connectivity index (χ4v) is 2.36. The van der Waals surface area contributed by atoms with E-state index in [2.05, 4.69) is 47.0 Å². The van der Waals surface area contributed by atoms with E-state index in [4.69, 9.17) is 0 Å². The molecule has 3 rings (SSSR count). The van der Waals surface area contributed by atoms with Gasteiger partial charge in [0.15, 0.2) is 0 Å². The molecule has 0 spiro atoms.